The van der Waals surface area contributed by atoms with Gasteiger partial charge in [0.1, 0.15) is 6.10 Å². The van der Waals surface area contributed by atoms with Crippen LogP contribution in [0.2, 0.25) is 0 Å². The summed E-state index contributed by atoms with van der Waals surface area (Å²) in [5, 5.41) is 0. The summed E-state index contributed by atoms with van der Waals surface area (Å²) in [5.41, 5.74) is 0. The van der Waals surface area contributed by atoms with Crippen LogP contribution >= 0.6 is 7.92 Å². The van der Waals surface area contributed by atoms with Crippen LogP contribution in [0.15, 0.2) is 0 Å². The first-order valence-corrected chi connectivity index (χ1v) is 24.0. The Morgan fingerprint density at radius 3 is 1.86 bits per heavy atom. The summed E-state index contributed by atoms with van der Waals surface area (Å²) in [4.78, 5) is 28.3. The van der Waals surface area contributed by atoms with Crippen LogP contribution < -0.4 is 0 Å². The van der Waals surface area contributed by atoms with E-state index in [-0.39, 0.29) is 26.0 Å². The number of nitrogens with zero attached hydrogens (tertiary/aromatic N) is 1. The number of hydrogen-bond donors (Lipinski definition) is 0. The van der Waals surface area contributed by atoms with Crippen molar-refractivity contribution < 1.29 is 19.1 Å². The predicted molar refractivity (Wildman–Crippen MR) is 223 cm³/mol. The van der Waals surface area contributed by atoms with E-state index in [2.05, 4.69) is 67.5 Å². The highest BCUT2D eigenvalue weighted by Crippen LogP contribution is 2.39. The number of carbonyl (C=O) groups is 2. The normalized spacial score (nSPS) is 24.6. The minimum atomic E-state index is -0.0380. The first-order valence-electron chi connectivity index (χ1n) is 22.1. The molecule has 0 N–H and O–H groups in total. The molecule has 0 aromatic carbocycles. The molecule has 0 bridgehead atoms. The van der Waals surface area contributed by atoms with E-state index in [1.165, 1.54) is 95.7 Å². The van der Waals surface area contributed by atoms with Crippen LogP contribution in [0.3, 0.4) is 0 Å². The third-order valence-corrected chi connectivity index (χ3v) is 14.5. The van der Waals surface area contributed by atoms with E-state index in [0.29, 0.717) is 49.0 Å². The molecule has 0 aliphatic carbocycles. The Kier molecular flexibility index (Phi) is 29.0. The van der Waals surface area contributed by atoms with Gasteiger partial charge in [0.25, 0.3) is 0 Å². The van der Waals surface area contributed by atoms with Gasteiger partial charge in [-0.2, -0.15) is 0 Å². The number of unbranched alkanes of at least 4 members (excludes halogenated alkanes) is 1. The van der Waals surface area contributed by atoms with Crippen molar-refractivity contribution in [2.24, 2.45) is 35.5 Å². The molecule has 0 saturated carbocycles. The minimum absolute atomic E-state index is 0.0124. The quantitative estimate of drug-likeness (QED) is 0.0951. The number of carbonyl (C=O) groups excluding carboxylic acids is 2. The second kappa shape index (κ2) is 30.6. The first-order chi connectivity index (χ1) is 24.4. The van der Waals surface area contributed by atoms with Gasteiger partial charge in [-0.3, -0.25) is 9.59 Å². The predicted octanol–water partition coefficient (Wildman–Crippen LogP) is 12.9. The molecule has 51 heavy (non-hydrogen) atoms. The lowest BCUT2D eigenvalue weighted by atomic mass is 9.78. The molecule has 1 saturated heterocycles. The van der Waals surface area contributed by atoms with Crippen LogP contribution in [0.1, 0.15) is 190 Å². The van der Waals surface area contributed by atoms with E-state index in [1.54, 1.807) is 0 Å². The largest absolute Gasteiger partial charge is 0.466 e. The number of cyclic esters (lactones) is 2. The Morgan fingerprint density at radius 2 is 1.27 bits per heavy atom. The molecule has 1 aliphatic heterocycles. The van der Waals surface area contributed by atoms with E-state index in [0.717, 1.165) is 63.7 Å². The van der Waals surface area contributed by atoms with Crippen LogP contribution in [0.4, 0.5) is 0 Å². The third-order valence-electron chi connectivity index (χ3n) is 11.6. The lowest BCUT2D eigenvalue weighted by Gasteiger charge is -2.33. The van der Waals surface area contributed by atoms with E-state index in [1.807, 2.05) is 0 Å². The highest BCUT2D eigenvalue weighted by atomic mass is 31.1. The SMILES string of the molecule is CC(C)CCC(CCC1OC(=O)CCCCCCCP(CCCCN(C)C)CCCCCCCC(=O)OCCCC(CCC(C)C)C1C)C(C)C. The van der Waals surface area contributed by atoms with Crippen LogP contribution in [0.5, 0.6) is 0 Å². The minimum Gasteiger partial charge on any atom is -0.466 e. The molecule has 1 fully saturated rings. The van der Waals surface area contributed by atoms with Crippen molar-refractivity contribution in [3.8, 4) is 0 Å². The zero-order valence-electron chi connectivity index (χ0n) is 35.7. The summed E-state index contributed by atoms with van der Waals surface area (Å²) in [5.74, 6) is 3.41. The van der Waals surface area contributed by atoms with Gasteiger partial charge in [-0.15, -0.1) is 7.92 Å². The molecule has 0 aromatic heterocycles. The number of hydrogen-bond acceptors (Lipinski definition) is 5. The Hall–Kier alpha value is -0.670. The molecule has 0 radical (unpaired) electrons. The zero-order valence-corrected chi connectivity index (χ0v) is 36.6. The molecule has 1 aliphatic rings. The van der Waals surface area contributed by atoms with Crippen LogP contribution in [0, 0.1) is 35.5 Å². The molecule has 6 heteroatoms. The van der Waals surface area contributed by atoms with Crippen LogP contribution in [-0.2, 0) is 19.1 Å². The molecule has 0 amide bonds. The van der Waals surface area contributed by atoms with Crippen molar-refractivity contribution in [1.29, 1.82) is 0 Å². The second-order valence-electron chi connectivity index (χ2n) is 17.9. The summed E-state index contributed by atoms with van der Waals surface area (Å²) in [6, 6.07) is 0. The average Bonchev–Trinajstić information content (AvgIpc) is 3.06. The van der Waals surface area contributed by atoms with Crippen molar-refractivity contribution in [3.63, 3.8) is 0 Å². The van der Waals surface area contributed by atoms with Gasteiger partial charge < -0.3 is 14.4 Å². The molecular weight excluding hydrogens is 649 g/mol. The number of ether oxygens (including phenoxy) is 2. The fourth-order valence-electron chi connectivity index (χ4n) is 7.89. The number of esters is 2. The second-order valence-corrected chi connectivity index (χ2v) is 20.6. The number of rotatable bonds is 15. The standard InChI is InChI=1S/C45H88NO4P/c1-37(2)26-28-41(39(5)6)30-31-43-40(7)42(29-27-38(3)4)23-22-33-49-44(47)24-16-12-10-14-19-34-51(36-21-18-32-46(8)9)35-20-15-11-13-17-25-45(48)50-43/h37-43H,10-36H2,1-9H3. The monoisotopic (exact) mass is 738 g/mol. The Labute approximate surface area is 320 Å². The molecule has 5 nitrogen and oxygen atoms in total. The van der Waals surface area contributed by atoms with Gasteiger partial charge in [0.15, 0.2) is 0 Å². The fourth-order valence-corrected chi connectivity index (χ4v) is 10.6. The topological polar surface area (TPSA) is 55.8 Å². The van der Waals surface area contributed by atoms with Gasteiger partial charge in [0.2, 0.25) is 0 Å². The Morgan fingerprint density at radius 1 is 0.686 bits per heavy atom. The fraction of sp³-hybridized carbons (Fsp3) is 0.956. The van der Waals surface area contributed by atoms with Crippen LogP contribution in [-0.4, -0.2) is 68.7 Å². The molecule has 5 atom stereocenters. The maximum atomic E-state index is 13.4. The van der Waals surface area contributed by atoms with Crippen molar-refractivity contribution in [2.45, 2.75) is 196 Å². The molecule has 302 valence electrons. The maximum Gasteiger partial charge on any atom is 0.306 e. The summed E-state index contributed by atoms with van der Waals surface area (Å²) < 4.78 is 12.2. The Balaban J connectivity index is 2.96. The third kappa shape index (κ3) is 26.7. The van der Waals surface area contributed by atoms with Crippen LogP contribution in [0.25, 0.3) is 0 Å². The van der Waals surface area contributed by atoms with Gasteiger partial charge in [0.05, 0.1) is 6.61 Å². The van der Waals surface area contributed by atoms with Gasteiger partial charge in [-0.1, -0.05) is 99.8 Å². The van der Waals surface area contributed by atoms with Gasteiger partial charge in [-0.05, 0) is 152 Å². The summed E-state index contributed by atoms with van der Waals surface area (Å²) in [6.07, 6.45) is 28.8. The molecular formula is C45H88NO4P. The molecule has 1 heterocycles. The Bertz CT molecular complexity index is 846. The van der Waals surface area contributed by atoms with E-state index >= 15 is 0 Å². The van der Waals surface area contributed by atoms with Crippen molar-refractivity contribution in [1.82, 2.24) is 4.90 Å². The average molecular weight is 738 g/mol. The molecule has 0 spiro atoms. The van der Waals surface area contributed by atoms with E-state index < -0.39 is 0 Å². The first kappa shape index (κ1) is 48.3. The summed E-state index contributed by atoms with van der Waals surface area (Å²) in [6.45, 7) is 18.0. The molecule has 1 rings (SSSR count). The lowest BCUT2D eigenvalue weighted by molar-refractivity contribution is -0.154. The van der Waals surface area contributed by atoms with Crippen molar-refractivity contribution in [3.05, 3.63) is 0 Å². The van der Waals surface area contributed by atoms with Gasteiger partial charge in [-0.25, -0.2) is 0 Å². The molecule has 5 unspecified atom stereocenters. The summed E-state index contributed by atoms with van der Waals surface area (Å²) >= 11 is 0. The van der Waals surface area contributed by atoms with Gasteiger partial charge in [0, 0.05) is 12.8 Å². The van der Waals surface area contributed by atoms with Gasteiger partial charge >= 0.3 is 11.9 Å². The highest BCUT2D eigenvalue weighted by Gasteiger charge is 2.30. The highest BCUT2D eigenvalue weighted by molar-refractivity contribution is 7.57. The lowest BCUT2D eigenvalue weighted by Crippen LogP contribution is -2.32. The smallest absolute Gasteiger partial charge is 0.306 e. The van der Waals surface area contributed by atoms with Crippen molar-refractivity contribution in [2.75, 3.05) is 45.7 Å². The summed E-state index contributed by atoms with van der Waals surface area (Å²) in [7, 11) is 4.49. The van der Waals surface area contributed by atoms with Crippen molar-refractivity contribution >= 4 is 19.9 Å². The zero-order chi connectivity index (χ0) is 37.9. The van der Waals surface area contributed by atoms with E-state index in [9.17, 15) is 9.59 Å². The maximum absolute atomic E-state index is 13.4. The van der Waals surface area contributed by atoms with E-state index in [4.69, 9.17) is 9.47 Å². The molecule has 0 aromatic rings.